The van der Waals surface area contributed by atoms with E-state index in [2.05, 4.69) is 10.1 Å². The van der Waals surface area contributed by atoms with Gasteiger partial charge in [-0.3, -0.25) is 19.3 Å². The average Bonchev–Trinajstić information content (AvgIpc) is 3.35. The molecule has 0 saturated carbocycles. The molecule has 1 saturated heterocycles. The molecule has 0 bridgehead atoms. The van der Waals surface area contributed by atoms with E-state index in [0.29, 0.717) is 34.9 Å². The van der Waals surface area contributed by atoms with Crippen LogP contribution in [0.1, 0.15) is 37.7 Å². The Balaban J connectivity index is 1.75. The summed E-state index contributed by atoms with van der Waals surface area (Å²) >= 11 is 6.12. The Morgan fingerprint density at radius 1 is 1.17 bits per heavy atom. The lowest BCUT2D eigenvalue weighted by molar-refractivity contribution is 0.0370. The first-order valence-electron chi connectivity index (χ1n) is 9.29. The minimum absolute atomic E-state index is 0.107. The van der Waals surface area contributed by atoms with Crippen molar-refractivity contribution < 1.29 is 9.59 Å². The number of fused-ring (bicyclic) bond motifs is 3. The summed E-state index contributed by atoms with van der Waals surface area (Å²) < 4.78 is 1.67. The normalized spacial score (nSPS) is 20.2. The molecule has 3 aromatic rings. The average molecular weight is 408 g/mol. The van der Waals surface area contributed by atoms with Crippen LogP contribution in [0, 0.1) is 6.92 Å². The number of amides is 2. The molecule has 0 N–H and O–H groups in total. The van der Waals surface area contributed by atoms with Gasteiger partial charge in [0.1, 0.15) is 0 Å². The second kappa shape index (κ2) is 6.15. The molecule has 1 atom stereocenters. The first-order valence-corrected chi connectivity index (χ1v) is 9.67. The molecule has 1 fully saturated rings. The van der Waals surface area contributed by atoms with E-state index in [1.807, 2.05) is 19.1 Å². The van der Waals surface area contributed by atoms with Crippen LogP contribution in [0.4, 0.5) is 0 Å². The highest BCUT2D eigenvalue weighted by Crippen LogP contribution is 2.49. The highest BCUT2D eigenvalue weighted by molar-refractivity contribution is 6.30. The Kier molecular flexibility index (Phi) is 3.79. The van der Waals surface area contributed by atoms with E-state index >= 15 is 0 Å². The van der Waals surface area contributed by atoms with Gasteiger partial charge >= 0.3 is 0 Å². The second-order valence-electron chi connectivity index (χ2n) is 7.31. The van der Waals surface area contributed by atoms with Gasteiger partial charge in [0.2, 0.25) is 0 Å². The third-order valence-corrected chi connectivity index (χ3v) is 6.08. The highest BCUT2D eigenvalue weighted by atomic mass is 35.5. The number of carbonyl (C=O) groups is 2. The third-order valence-electron chi connectivity index (χ3n) is 5.83. The van der Waals surface area contributed by atoms with E-state index in [1.165, 1.54) is 0 Å². The van der Waals surface area contributed by atoms with Crippen LogP contribution < -0.4 is 0 Å². The van der Waals surface area contributed by atoms with Crippen molar-refractivity contribution in [2.75, 3.05) is 13.1 Å². The molecule has 8 heteroatoms. The van der Waals surface area contributed by atoms with Crippen molar-refractivity contribution >= 4 is 23.4 Å². The molecule has 29 heavy (non-hydrogen) atoms. The van der Waals surface area contributed by atoms with Crippen LogP contribution in [0.3, 0.4) is 0 Å². The van der Waals surface area contributed by atoms with Crippen LogP contribution in [0.15, 0.2) is 48.8 Å². The van der Waals surface area contributed by atoms with Gasteiger partial charge in [-0.15, -0.1) is 0 Å². The molecule has 2 amide bonds. The molecule has 2 aliphatic rings. The summed E-state index contributed by atoms with van der Waals surface area (Å²) in [5.74, 6) is -0.333. The number of pyridine rings is 1. The van der Waals surface area contributed by atoms with Gasteiger partial charge in [-0.2, -0.15) is 5.10 Å². The zero-order chi connectivity index (χ0) is 20.3. The van der Waals surface area contributed by atoms with Crippen LogP contribution >= 0.6 is 11.6 Å². The van der Waals surface area contributed by atoms with E-state index in [4.69, 9.17) is 11.6 Å². The number of nitrogens with zero attached hydrogens (tertiary/aromatic N) is 5. The van der Waals surface area contributed by atoms with Gasteiger partial charge in [-0.1, -0.05) is 23.7 Å². The molecule has 5 rings (SSSR count). The first kappa shape index (κ1) is 17.9. The Hall–Kier alpha value is -3.19. The van der Waals surface area contributed by atoms with Crippen molar-refractivity contribution in [1.82, 2.24) is 24.6 Å². The number of benzene rings is 1. The lowest BCUT2D eigenvalue weighted by atomic mass is 9.91. The molecule has 1 unspecified atom stereocenters. The zero-order valence-electron chi connectivity index (χ0n) is 16.0. The van der Waals surface area contributed by atoms with E-state index < -0.39 is 5.66 Å². The summed E-state index contributed by atoms with van der Waals surface area (Å²) in [6, 6.07) is 10.7. The number of hydrogen-bond acceptors (Lipinski definition) is 4. The van der Waals surface area contributed by atoms with Crippen LogP contribution in [0.2, 0.25) is 5.02 Å². The molecule has 1 aromatic carbocycles. The number of carbonyl (C=O) groups excluding carboxylic acids is 2. The number of halogens is 1. The van der Waals surface area contributed by atoms with Crippen LogP contribution in [0.25, 0.3) is 0 Å². The van der Waals surface area contributed by atoms with Gasteiger partial charge in [-0.25, -0.2) is 0 Å². The van der Waals surface area contributed by atoms with E-state index in [1.54, 1.807) is 58.2 Å². The lowest BCUT2D eigenvalue weighted by Gasteiger charge is -2.40. The van der Waals surface area contributed by atoms with Crippen molar-refractivity contribution in [2.24, 2.45) is 7.05 Å². The number of rotatable bonds is 2. The summed E-state index contributed by atoms with van der Waals surface area (Å²) in [6.07, 6.45) is 3.28. The van der Waals surface area contributed by atoms with Crippen molar-refractivity contribution in [1.29, 1.82) is 0 Å². The van der Waals surface area contributed by atoms with E-state index in [-0.39, 0.29) is 11.8 Å². The maximum atomic E-state index is 13.6. The summed E-state index contributed by atoms with van der Waals surface area (Å²) in [5.41, 5.74) is 2.23. The molecule has 146 valence electrons. The standard InChI is InChI=1S/C21H18ClN5O2/c1-13-11-18(24-25(13)2)20(29)27-10-9-26-19(28)16-7-8-23-12-17(16)21(26,27)14-3-5-15(22)6-4-14/h3-8,11-12H,9-10H2,1-2H3. The zero-order valence-corrected chi connectivity index (χ0v) is 16.7. The molecular formula is C21H18ClN5O2. The number of aromatic nitrogens is 3. The summed E-state index contributed by atoms with van der Waals surface area (Å²) in [5, 5.41) is 4.95. The van der Waals surface area contributed by atoms with Gasteiger partial charge in [0.15, 0.2) is 11.4 Å². The fraction of sp³-hybridized carbons (Fsp3) is 0.238. The highest BCUT2D eigenvalue weighted by Gasteiger charge is 2.60. The van der Waals surface area contributed by atoms with Crippen molar-refractivity contribution in [3.8, 4) is 0 Å². The third kappa shape index (κ3) is 2.31. The quantitative estimate of drug-likeness (QED) is 0.654. The largest absolute Gasteiger partial charge is 0.306 e. The van der Waals surface area contributed by atoms with Crippen molar-refractivity contribution in [3.05, 3.63) is 81.9 Å². The smallest absolute Gasteiger partial charge is 0.276 e. The van der Waals surface area contributed by atoms with Crippen molar-refractivity contribution in [3.63, 3.8) is 0 Å². The molecule has 2 aromatic heterocycles. The van der Waals surface area contributed by atoms with Crippen LogP contribution in [0.5, 0.6) is 0 Å². The van der Waals surface area contributed by atoms with Gasteiger partial charge < -0.3 is 9.80 Å². The molecule has 0 radical (unpaired) electrons. The van der Waals surface area contributed by atoms with Gasteiger partial charge in [-0.05, 0) is 31.2 Å². The van der Waals surface area contributed by atoms with Crippen LogP contribution in [-0.4, -0.2) is 49.5 Å². The van der Waals surface area contributed by atoms with Gasteiger partial charge in [0.05, 0.1) is 5.56 Å². The van der Waals surface area contributed by atoms with E-state index in [0.717, 1.165) is 11.3 Å². The summed E-state index contributed by atoms with van der Waals surface area (Å²) in [7, 11) is 1.80. The lowest BCUT2D eigenvalue weighted by Crippen LogP contribution is -2.51. The number of aryl methyl sites for hydroxylation is 2. The number of hydrogen-bond donors (Lipinski definition) is 0. The van der Waals surface area contributed by atoms with Gasteiger partial charge in [0, 0.05) is 54.4 Å². The monoisotopic (exact) mass is 407 g/mol. The minimum atomic E-state index is -1.06. The second-order valence-corrected chi connectivity index (χ2v) is 7.74. The molecule has 0 aliphatic carbocycles. The maximum Gasteiger partial charge on any atom is 0.276 e. The first-order chi connectivity index (χ1) is 13.9. The fourth-order valence-corrected chi connectivity index (χ4v) is 4.54. The Labute approximate surface area is 172 Å². The molecule has 2 aliphatic heterocycles. The van der Waals surface area contributed by atoms with Crippen molar-refractivity contribution in [2.45, 2.75) is 12.6 Å². The molecule has 7 nitrogen and oxygen atoms in total. The SMILES string of the molecule is Cc1cc(C(=O)N2CCN3C(=O)c4ccncc4C23c2ccc(Cl)cc2)nn1C. The van der Waals surface area contributed by atoms with E-state index in [9.17, 15) is 9.59 Å². The predicted molar refractivity (Wildman–Crippen MR) is 106 cm³/mol. The Morgan fingerprint density at radius 3 is 2.62 bits per heavy atom. The molecule has 4 heterocycles. The topological polar surface area (TPSA) is 71.3 Å². The fourth-order valence-electron chi connectivity index (χ4n) is 4.41. The van der Waals surface area contributed by atoms with Crippen LogP contribution in [-0.2, 0) is 12.7 Å². The summed E-state index contributed by atoms with van der Waals surface area (Å²) in [4.78, 5) is 34.5. The summed E-state index contributed by atoms with van der Waals surface area (Å²) in [6.45, 7) is 2.72. The van der Waals surface area contributed by atoms with Gasteiger partial charge in [0.25, 0.3) is 11.8 Å². The molecular weight excluding hydrogens is 390 g/mol. The Morgan fingerprint density at radius 2 is 1.93 bits per heavy atom. The Bertz CT molecular complexity index is 1140. The maximum absolute atomic E-state index is 13.6. The predicted octanol–water partition coefficient (Wildman–Crippen LogP) is 2.59. The minimum Gasteiger partial charge on any atom is -0.306 e. The molecule has 0 spiro atoms.